The molecule has 18 heavy (non-hydrogen) atoms. The smallest absolute Gasteiger partial charge is 0.256 e. The van der Waals surface area contributed by atoms with E-state index < -0.39 is 0 Å². The molecule has 1 heterocycles. The summed E-state index contributed by atoms with van der Waals surface area (Å²) in [6.07, 6.45) is 1.68. The van der Waals surface area contributed by atoms with Crippen molar-refractivity contribution in [3.05, 3.63) is 52.7 Å². The van der Waals surface area contributed by atoms with Crippen molar-refractivity contribution in [2.75, 3.05) is 11.1 Å². The van der Waals surface area contributed by atoms with Gasteiger partial charge in [-0.1, -0.05) is 17.7 Å². The van der Waals surface area contributed by atoms with Gasteiger partial charge in [-0.2, -0.15) is 0 Å². The van der Waals surface area contributed by atoms with E-state index in [1.54, 1.807) is 30.5 Å². The Kier molecular flexibility index (Phi) is 3.48. The number of halogens is 1. The van der Waals surface area contributed by atoms with Gasteiger partial charge in [0.05, 0.1) is 0 Å². The Hall–Kier alpha value is -2.07. The predicted molar refractivity (Wildman–Crippen MR) is 72.8 cm³/mol. The molecule has 1 amide bonds. The second-order valence-electron chi connectivity index (χ2n) is 3.95. The van der Waals surface area contributed by atoms with Crippen LogP contribution in [0.1, 0.15) is 15.9 Å². The van der Waals surface area contributed by atoms with Crippen LogP contribution in [0.2, 0.25) is 5.02 Å². The van der Waals surface area contributed by atoms with Crippen LogP contribution in [0.5, 0.6) is 0 Å². The van der Waals surface area contributed by atoms with Gasteiger partial charge in [0.25, 0.3) is 5.91 Å². The molecule has 2 rings (SSSR count). The monoisotopic (exact) mass is 261 g/mol. The zero-order valence-corrected chi connectivity index (χ0v) is 10.5. The second-order valence-corrected chi connectivity index (χ2v) is 4.38. The molecule has 3 N–H and O–H groups in total. The lowest BCUT2D eigenvalue weighted by Crippen LogP contribution is -2.13. The first-order chi connectivity index (χ1) is 8.54. The third kappa shape index (κ3) is 2.99. The van der Waals surface area contributed by atoms with Crippen molar-refractivity contribution in [1.29, 1.82) is 0 Å². The number of aromatic nitrogens is 1. The minimum atomic E-state index is -0.291. The van der Waals surface area contributed by atoms with Gasteiger partial charge in [0, 0.05) is 22.5 Å². The molecule has 5 heteroatoms. The number of hydrogen-bond acceptors (Lipinski definition) is 3. The average Bonchev–Trinajstić information content (AvgIpc) is 2.31. The number of nitrogens with two attached hydrogens (primary N) is 1. The first kappa shape index (κ1) is 12.4. The molecule has 0 saturated heterocycles. The van der Waals surface area contributed by atoms with Crippen LogP contribution >= 0.6 is 11.6 Å². The Labute approximate surface area is 110 Å². The summed E-state index contributed by atoms with van der Waals surface area (Å²) < 4.78 is 0. The van der Waals surface area contributed by atoms with Crippen LogP contribution in [0.3, 0.4) is 0 Å². The predicted octanol–water partition coefficient (Wildman–Crippen LogP) is 2.88. The van der Waals surface area contributed by atoms with Crippen LogP contribution in [0.25, 0.3) is 0 Å². The molecule has 0 atom stereocenters. The van der Waals surface area contributed by atoms with Crippen molar-refractivity contribution in [2.45, 2.75) is 6.92 Å². The molecule has 0 aliphatic heterocycles. The molecule has 0 radical (unpaired) electrons. The Morgan fingerprint density at radius 2 is 2.11 bits per heavy atom. The summed E-state index contributed by atoms with van der Waals surface area (Å²) in [7, 11) is 0. The zero-order chi connectivity index (χ0) is 13.1. The van der Waals surface area contributed by atoms with Gasteiger partial charge >= 0.3 is 0 Å². The van der Waals surface area contributed by atoms with Crippen molar-refractivity contribution in [3.8, 4) is 0 Å². The molecule has 0 aliphatic rings. The summed E-state index contributed by atoms with van der Waals surface area (Å²) in [5.41, 5.74) is 7.51. The van der Waals surface area contributed by atoms with Crippen molar-refractivity contribution in [1.82, 2.24) is 4.98 Å². The first-order valence-corrected chi connectivity index (χ1v) is 5.72. The number of amides is 1. The fourth-order valence-corrected chi connectivity index (χ4v) is 1.72. The number of aryl methyl sites for hydroxylation is 1. The lowest BCUT2D eigenvalue weighted by Gasteiger charge is -2.06. The van der Waals surface area contributed by atoms with E-state index in [4.69, 9.17) is 17.3 Å². The summed E-state index contributed by atoms with van der Waals surface area (Å²) in [5, 5.41) is 3.10. The molecule has 2 aromatic rings. The number of nitrogens with zero attached hydrogens (tertiary/aromatic N) is 1. The molecule has 0 fully saturated rings. The number of nitrogens with one attached hydrogen (secondary N) is 1. The van der Waals surface area contributed by atoms with Crippen molar-refractivity contribution in [2.24, 2.45) is 0 Å². The normalized spacial score (nSPS) is 10.1. The van der Waals surface area contributed by atoms with Crippen LogP contribution in [0.4, 0.5) is 11.5 Å². The molecule has 0 saturated carbocycles. The van der Waals surface area contributed by atoms with Gasteiger partial charge in [0.1, 0.15) is 5.82 Å². The van der Waals surface area contributed by atoms with E-state index in [1.807, 2.05) is 13.0 Å². The van der Waals surface area contributed by atoms with E-state index in [2.05, 4.69) is 10.3 Å². The number of rotatable bonds is 2. The average molecular weight is 262 g/mol. The summed E-state index contributed by atoms with van der Waals surface area (Å²) >= 11 is 5.84. The molecular formula is C13H12ClN3O. The molecule has 0 spiro atoms. The van der Waals surface area contributed by atoms with E-state index >= 15 is 0 Å². The van der Waals surface area contributed by atoms with E-state index in [-0.39, 0.29) is 5.91 Å². The number of carbonyl (C=O) groups excluding carboxylic acids is 1. The number of nitrogen functional groups attached to an aromatic ring is 1. The highest BCUT2D eigenvalue weighted by Crippen LogP contribution is 2.17. The zero-order valence-electron chi connectivity index (χ0n) is 9.77. The fourth-order valence-electron chi connectivity index (χ4n) is 1.47. The molecule has 0 unspecified atom stereocenters. The number of carbonyl (C=O) groups is 1. The van der Waals surface area contributed by atoms with Crippen molar-refractivity contribution in [3.63, 3.8) is 0 Å². The van der Waals surface area contributed by atoms with Crippen LogP contribution in [0, 0.1) is 6.92 Å². The van der Waals surface area contributed by atoms with Crippen molar-refractivity contribution < 1.29 is 4.79 Å². The maximum atomic E-state index is 11.9. The highest BCUT2D eigenvalue weighted by molar-refractivity contribution is 6.31. The lowest BCUT2D eigenvalue weighted by molar-refractivity contribution is 0.102. The topological polar surface area (TPSA) is 68.0 Å². The highest BCUT2D eigenvalue weighted by atomic mass is 35.5. The Morgan fingerprint density at radius 3 is 2.72 bits per heavy atom. The molecule has 1 aromatic carbocycles. The SMILES string of the molecule is Cc1ccc(NC(=O)c2cc(N)cc(Cl)c2)nc1. The molecule has 0 aliphatic carbocycles. The molecular weight excluding hydrogens is 250 g/mol. The van der Waals surface area contributed by atoms with Crippen LogP contribution in [-0.2, 0) is 0 Å². The van der Waals surface area contributed by atoms with Gasteiger partial charge in [0.2, 0.25) is 0 Å². The Bertz CT molecular complexity index is 561. The minimum Gasteiger partial charge on any atom is -0.399 e. The largest absolute Gasteiger partial charge is 0.399 e. The molecule has 0 bridgehead atoms. The molecule has 1 aromatic heterocycles. The minimum absolute atomic E-state index is 0.291. The maximum absolute atomic E-state index is 11.9. The van der Waals surface area contributed by atoms with Crippen LogP contribution < -0.4 is 11.1 Å². The van der Waals surface area contributed by atoms with E-state index in [1.165, 1.54) is 0 Å². The Morgan fingerprint density at radius 1 is 1.33 bits per heavy atom. The van der Waals surface area contributed by atoms with Gasteiger partial charge in [-0.05, 0) is 36.8 Å². The quantitative estimate of drug-likeness (QED) is 0.817. The van der Waals surface area contributed by atoms with E-state index in [0.717, 1.165) is 5.56 Å². The number of benzene rings is 1. The van der Waals surface area contributed by atoms with Crippen molar-refractivity contribution >= 4 is 29.0 Å². The molecule has 4 nitrogen and oxygen atoms in total. The second kappa shape index (κ2) is 5.06. The fraction of sp³-hybridized carbons (Fsp3) is 0.0769. The van der Waals surface area contributed by atoms with E-state index in [9.17, 15) is 4.79 Å². The van der Waals surface area contributed by atoms with Crippen LogP contribution in [-0.4, -0.2) is 10.9 Å². The maximum Gasteiger partial charge on any atom is 0.256 e. The summed E-state index contributed by atoms with van der Waals surface area (Å²) in [5.74, 6) is 0.199. The standard InChI is InChI=1S/C13H12ClN3O/c1-8-2-3-12(16-7-8)17-13(18)9-4-10(14)6-11(15)5-9/h2-7H,15H2,1H3,(H,16,17,18). The van der Waals surface area contributed by atoms with Gasteiger partial charge < -0.3 is 11.1 Å². The van der Waals surface area contributed by atoms with Gasteiger partial charge in [-0.15, -0.1) is 0 Å². The van der Waals surface area contributed by atoms with Gasteiger partial charge in [-0.3, -0.25) is 4.79 Å². The third-order valence-electron chi connectivity index (χ3n) is 2.34. The van der Waals surface area contributed by atoms with Crippen LogP contribution in [0.15, 0.2) is 36.5 Å². The molecule has 92 valence electrons. The Balaban J connectivity index is 2.19. The number of anilines is 2. The number of hydrogen-bond donors (Lipinski definition) is 2. The lowest BCUT2D eigenvalue weighted by atomic mass is 10.2. The summed E-state index contributed by atoms with van der Waals surface area (Å²) in [6.45, 7) is 1.93. The highest BCUT2D eigenvalue weighted by Gasteiger charge is 2.08. The van der Waals surface area contributed by atoms with E-state index in [0.29, 0.717) is 22.1 Å². The first-order valence-electron chi connectivity index (χ1n) is 5.34. The summed E-state index contributed by atoms with van der Waals surface area (Å²) in [4.78, 5) is 16.0. The van der Waals surface area contributed by atoms with Gasteiger partial charge in [-0.25, -0.2) is 4.98 Å². The third-order valence-corrected chi connectivity index (χ3v) is 2.55. The number of pyridine rings is 1. The summed E-state index contributed by atoms with van der Waals surface area (Å²) in [6, 6.07) is 8.31. The van der Waals surface area contributed by atoms with Gasteiger partial charge in [0.15, 0.2) is 0 Å².